The number of halogens is 1. The van der Waals surface area contributed by atoms with Crippen molar-refractivity contribution >= 4 is 21.8 Å². The topological polar surface area (TPSA) is 20.3 Å². The molecule has 98 valence electrons. The lowest BCUT2D eigenvalue weighted by Crippen LogP contribution is -2.36. The zero-order valence-electron chi connectivity index (χ0n) is 10.8. The number of carbonyl (C=O) groups excluding carboxylic acids is 1. The molecule has 1 aliphatic heterocycles. The molecule has 1 saturated heterocycles. The first kappa shape index (κ1) is 13.4. The van der Waals surface area contributed by atoms with Gasteiger partial charge in [-0.15, -0.1) is 0 Å². The lowest BCUT2D eigenvalue weighted by molar-refractivity contribution is -0.135. The van der Waals surface area contributed by atoms with Gasteiger partial charge in [0.1, 0.15) is 0 Å². The minimum atomic E-state index is 0.342. The lowest BCUT2D eigenvalue weighted by Gasteiger charge is -2.29. The predicted octanol–water partition coefficient (Wildman–Crippen LogP) is 3.45. The number of nitrogens with zero attached hydrogens (tertiary/aromatic N) is 1. The highest BCUT2D eigenvalue weighted by Crippen LogP contribution is 2.31. The summed E-state index contributed by atoms with van der Waals surface area (Å²) >= 11 is 3.50. The molecule has 0 bridgehead atoms. The summed E-state index contributed by atoms with van der Waals surface area (Å²) in [6, 6.07) is 0. The summed E-state index contributed by atoms with van der Waals surface area (Å²) in [6.45, 7) is 4.32. The second-order valence-electron chi connectivity index (χ2n) is 5.87. The minimum absolute atomic E-state index is 0.342. The summed E-state index contributed by atoms with van der Waals surface area (Å²) in [6.07, 6.45) is 7.16. The molecule has 0 aromatic carbocycles. The van der Waals surface area contributed by atoms with Crippen LogP contribution in [0.1, 0.15) is 45.4 Å². The molecule has 1 atom stereocenters. The Labute approximate surface area is 113 Å². The number of carbonyl (C=O) groups is 1. The Bertz CT molecular complexity index is 261. The van der Waals surface area contributed by atoms with E-state index in [0.29, 0.717) is 11.8 Å². The van der Waals surface area contributed by atoms with Crippen LogP contribution in [0.5, 0.6) is 0 Å². The maximum absolute atomic E-state index is 12.4. The van der Waals surface area contributed by atoms with Gasteiger partial charge in [0.2, 0.25) is 5.91 Å². The van der Waals surface area contributed by atoms with Crippen LogP contribution in [-0.2, 0) is 4.79 Å². The average molecular weight is 302 g/mol. The Morgan fingerprint density at radius 3 is 2.59 bits per heavy atom. The minimum Gasteiger partial charge on any atom is -0.342 e. The van der Waals surface area contributed by atoms with Crippen molar-refractivity contribution in [2.24, 2.45) is 17.8 Å². The van der Waals surface area contributed by atoms with Crippen LogP contribution >= 0.6 is 15.9 Å². The van der Waals surface area contributed by atoms with Crippen LogP contribution in [0.4, 0.5) is 0 Å². The van der Waals surface area contributed by atoms with Gasteiger partial charge in [-0.2, -0.15) is 0 Å². The lowest BCUT2D eigenvalue weighted by atomic mass is 9.82. The summed E-state index contributed by atoms with van der Waals surface area (Å²) in [5, 5.41) is 1.07. The molecule has 2 nitrogen and oxygen atoms in total. The fraction of sp³-hybridized carbons (Fsp3) is 0.929. The van der Waals surface area contributed by atoms with Gasteiger partial charge in [0.05, 0.1) is 0 Å². The van der Waals surface area contributed by atoms with Crippen molar-refractivity contribution in [3.8, 4) is 0 Å². The monoisotopic (exact) mass is 301 g/mol. The van der Waals surface area contributed by atoms with Crippen molar-refractivity contribution in [3.05, 3.63) is 0 Å². The Morgan fingerprint density at radius 1 is 1.24 bits per heavy atom. The molecule has 1 heterocycles. The fourth-order valence-electron chi connectivity index (χ4n) is 3.19. The molecule has 1 saturated carbocycles. The highest BCUT2D eigenvalue weighted by atomic mass is 79.9. The molecule has 1 unspecified atom stereocenters. The van der Waals surface area contributed by atoms with Crippen LogP contribution in [0.15, 0.2) is 0 Å². The van der Waals surface area contributed by atoms with E-state index in [1.54, 1.807) is 0 Å². The molecule has 0 N–H and O–H groups in total. The van der Waals surface area contributed by atoms with Crippen molar-refractivity contribution < 1.29 is 4.79 Å². The molecule has 17 heavy (non-hydrogen) atoms. The van der Waals surface area contributed by atoms with E-state index < -0.39 is 0 Å². The number of hydrogen-bond donors (Lipinski definition) is 0. The SMILES string of the molecule is CC1CCC(C(=O)N2CCC(CCBr)C2)CC1. The zero-order valence-corrected chi connectivity index (χ0v) is 12.4. The highest BCUT2D eigenvalue weighted by molar-refractivity contribution is 9.09. The van der Waals surface area contributed by atoms with Crippen molar-refractivity contribution in [1.29, 1.82) is 0 Å². The van der Waals surface area contributed by atoms with E-state index in [0.717, 1.165) is 43.1 Å². The van der Waals surface area contributed by atoms with Gasteiger partial charge in [0, 0.05) is 24.3 Å². The standard InChI is InChI=1S/C14H24BrNO/c1-11-2-4-13(5-3-11)14(17)16-9-7-12(10-16)6-8-15/h11-13H,2-10H2,1H3. The predicted molar refractivity (Wildman–Crippen MR) is 74.2 cm³/mol. The van der Waals surface area contributed by atoms with E-state index in [-0.39, 0.29) is 0 Å². The molecule has 0 aromatic heterocycles. The van der Waals surface area contributed by atoms with E-state index in [4.69, 9.17) is 0 Å². The van der Waals surface area contributed by atoms with E-state index in [9.17, 15) is 4.79 Å². The zero-order chi connectivity index (χ0) is 12.3. The first-order valence-corrected chi connectivity index (χ1v) is 8.17. The van der Waals surface area contributed by atoms with Gasteiger partial charge in [0.25, 0.3) is 0 Å². The molecule has 1 aliphatic carbocycles. The number of hydrogen-bond acceptors (Lipinski definition) is 1. The van der Waals surface area contributed by atoms with Crippen LogP contribution in [-0.4, -0.2) is 29.2 Å². The number of likely N-dealkylation sites (tertiary alicyclic amines) is 1. The third-order valence-electron chi connectivity index (χ3n) is 4.48. The van der Waals surface area contributed by atoms with Gasteiger partial charge in [-0.3, -0.25) is 4.79 Å². The van der Waals surface area contributed by atoms with Gasteiger partial charge in [-0.1, -0.05) is 22.9 Å². The van der Waals surface area contributed by atoms with Gasteiger partial charge >= 0.3 is 0 Å². The van der Waals surface area contributed by atoms with Crippen LogP contribution in [0.25, 0.3) is 0 Å². The number of amides is 1. The second kappa shape index (κ2) is 6.21. The van der Waals surface area contributed by atoms with Crippen LogP contribution in [0.2, 0.25) is 0 Å². The van der Waals surface area contributed by atoms with Crippen molar-refractivity contribution in [3.63, 3.8) is 0 Å². The Hall–Kier alpha value is -0.0500. The molecular formula is C14H24BrNO. The number of rotatable bonds is 3. The number of alkyl halides is 1. The third-order valence-corrected chi connectivity index (χ3v) is 4.94. The summed E-state index contributed by atoms with van der Waals surface area (Å²) in [7, 11) is 0. The van der Waals surface area contributed by atoms with E-state index in [1.807, 2.05) is 0 Å². The van der Waals surface area contributed by atoms with E-state index in [1.165, 1.54) is 25.7 Å². The second-order valence-corrected chi connectivity index (χ2v) is 6.67. The van der Waals surface area contributed by atoms with Crippen molar-refractivity contribution in [1.82, 2.24) is 4.90 Å². The summed E-state index contributed by atoms with van der Waals surface area (Å²) in [5.41, 5.74) is 0. The first-order valence-electron chi connectivity index (χ1n) is 7.05. The van der Waals surface area contributed by atoms with Crippen LogP contribution in [0, 0.1) is 17.8 Å². The molecule has 0 radical (unpaired) electrons. The quantitative estimate of drug-likeness (QED) is 0.731. The molecule has 2 fully saturated rings. The molecule has 1 amide bonds. The Kier molecular flexibility index (Phi) is 4.89. The summed E-state index contributed by atoms with van der Waals surface area (Å²) < 4.78 is 0. The third kappa shape index (κ3) is 3.46. The largest absolute Gasteiger partial charge is 0.342 e. The summed E-state index contributed by atoms with van der Waals surface area (Å²) in [4.78, 5) is 14.5. The van der Waals surface area contributed by atoms with Crippen molar-refractivity contribution in [2.75, 3.05) is 18.4 Å². The molecule has 0 spiro atoms. The van der Waals surface area contributed by atoms with Crippen LogP contribution in [0.3, 0.4) is 0 Å². The average Bonchev–Trinajstić information content (AvgIpc) is 2.78. The molecule has 0 aromatic rings. The Morgan fingerprint density at radius 2 is 1.94 bits per heavy atom. The fourth-order valence-corrected chi connectivity index (χ4v) is 3.84. The van der Waals surface area contributed by atoms with Gasteiger partial charge in [0.15, 0.2) is 0 Å². The van der Waals surface area contributed by atoms with Crippen LogP contribution < -0.4 is 0 Å². The van der Waals surface area contributed by atoms with Gasteiger partial charge < -0.3 is 4.90 Å². The maximum atomic E-state index is 12.4. The van der Waals surface area contributed by atoms with Gasteiger partial charge in [-0.05, 0) is 50.4 Å². The smallest absolute Gasteiger partial charge is 0.225 e. The van der Waals surface area contributed by atoms with E-state index >= 15 is 0 Å². The van der Waals surface area contributed by atoms with Crippen molar-refractivity contribution in [2.45, 2.75) is 45.4 Å². The summed E-state index contributed by atoms with van der Waals surface area (Å²) in [5.74, 6) is 2.36. The van der Waals surface area contributed by atoms with Gasteiger partial charge in [-0.25, -0.2) is 0 Å². The van der Waals surface area contributed by atoms with E-state index in [2.05, 4.69) is 27.8 Å². The highest BCUT2D eigenvalue weighted by Gasteiger charge is 2.32. The Balaban J connectivity index is 1.80. The first-order chi connectivity index (χ1) is 8.20. The normalized spacial score (nSPS) is 34.0. The molecule has 2 aliphatic rings. The molecule has 3 heteroatoms. The maximum Gasteiger partial charge on any atom is 0.225 e. The molecule has 2 rings (SSSR count). The molecular weight excluding hydrogens is 278 g/mol.